The van der Waals surface area contributed by atoms with E-state index in [1.165, 1.54) is 11.8 Å². The predicted octanol–water partition coefficient (Wildman–Crippen LogP) is 0.507. The lowest BCUT2D eigenvalue weighted by molar-refractivity contribution is -0.0173. The molecule has 42 valence electrons. The third kappa shape index (κ3) is 0.0874. The van der Waals surface area contributed by atoms with Gasteiger partial charge in [0.05, 0.1) is 5.60 Å². The summed E-state index contributed by atoms with van der Waals surface area (Å²) in [5, 5.41) is 0. The van der Waals surface area contributed by atoms with Crippen LogP contribution in [0.5, 0.6) is 0 Å². The number of hydrogen-bond donors (Lipinski definition) is 0. The van der Waals surface area contributed by atoms with Gasteiger partial charge in [0, 0.05) is 7.11 Å². The van der Waals surface area contributed by atoms with Crippen LogP contribution >= 0.6 is 0 Å². The van der Waals surface area contributed by atoms with Crippen LogP contribution in [0.15, 0.2) is 0 Å². The van der Waals surface area contributed by atoms with Crippen molar-refractivity contribution in [2.45, 2.75) is 5.60 Å². The second kappa shape index (κ2) is 0.513. The normalized spacial score (nSPS) is 93.4. The maximum atomic E-state index is 5.43. The molecule has 5 rings (SSSR count). The molecule has 4 unspecified atom stereocenters. The van der Waals surface area contributed by atoms with Crippen LogP contribution in [-0.2, 0) is 4.74 Å². The van der Waals surface area contributed by atoms with Crippen molar-refractivity contribution < 1.29 is 4.74 Å². The Balaban J connectivity index is 1.94. The summed E-state index contributed by atoms with van der Waals surface area (Å²) in [6.07, 6.45) is 0. The maximum Gasteiger partial charge on any atom is 0.0781 e. The molecule has 0 bridgehead atoms. The zero-order valence-electron chi connectivity index (χ0n) is 4.79. The Morgan fingerprint density at radius 2 is 1.75 bits per heavy atom. The van der Waals surface area contributed by atoms with Crippen molar-refractivity contribution in [3.05, 3.63) is 0 Å². The molecule has 0 heterocycles. The van der Waals surface area contributed by atoms with Gasteiger partial charge in [0.1, 0.15) is 0 Å². The Labute approximate surface area is 48.0 Å². The van der Waals surface area contributed by atoms with Crippen molar-refractivity contribution in [1.82, 2.24) is 0 Å². The van der Waals surface area contributed by atoms with E-state index in [1.807, 2.05) is 7.11 Å². The van der Waals surface area contributed by atoms with Gasteiger partial charge in [-0.3, -0.25) is 0 Å². The van der Waals surface area contributed by atoms with Crippen LogP contribution in [0.25, 0.3) is 0 Å². The van der Waals surface area contributed by atoms with Gasteiger partial charge in [0.2, 0.25) is 0 Å². The molecule has 5 aliphatic rings. The van der Waals surface area contributed by atoms with Gasteiger partial charge in [-0.2, -0.15) is 0 Å². The van der Waals surface area contributed by atoms with Crippen LogP contribution in [0.2, 0.25) is 0 Å². The van der Waals surface area contributed by atoms with Crippen molar-refractivity contribution >= 4 is 0 Å². The van der Waals surface area contributed by atoms with Crippen molar-refractivity contribution in [1.29, 1.82) is 0 Å². The molecule has 5 saturated carbocycles. The highest BCUT2D eigenvalue weighted by atomic mass is 16.5. The van der Waals surface area contributed by atoms with Crippen LogP contribution < -0.4 is 0 Å². The summed E-state index contributed by atoms with van der Waals surface area (Å²) >= 11 is 0. The molecule has 0 aliphatic heterocycles. The fourth-order valence-corrected chi connectivity index (χ4v) is 3.88. The molecule has 0 aromatic heterocycles. The summed E-state index contributed by atoms with van der Waals surface area (Å²) in [5.74, 6) is 5.58. The molecule has 4 atom stereocenters. The topological polar surface area (TPSA) is 9.23 Å². The van der Waals surface area contributed by atoms with Crippen LogP contribution in [0, 0.1) is 29.6 Å². The molecule has 0 saturated heterocycles. The average molecular weight is 108 g/mol. The van der Waals surface area contributed by atoms with Crippen molar-refractivity contribution in [3.63, 3.8) is 0 Å². The molecule has 0 aromatic rings. The SMILES string of the molecule is COC12C3C4C3C1C42. The number of methoxy groups -OCH3 is 1. The van der Waals surface area contributed by atoms with Gasteiger partial charge in [-0.25, -0.2) is 0 Å². The van der Waals surface area contributed by atoms with Crippen LogP contribution in [-0.4, -0.2) is 12.7 Å². The van der Waals surface area contributed by atoms with E-state index in [-0.39, 0.29) is 0 Å². The zero-order valence-corrected chi connectivity index (χ0v) is 4.79. The third-order valence-corrected chi connectivity index (χ3v) is 4.16. The quantitative estimate of drug-likeness (QED) is 0.475. The number of rotatable bonds is 1. The van der Waals surface area contributed by atoms with Crippen molar-refractivity contribution in [3.8, 4) is 0 Å². The molecule has 0 radical (unpaired) electrons. The summed E-state index contributed by atoms with van der Waals surface area (Å²) in [5.41, 5.74) is 0.523. The smallest absolute Gasteiger partial charge is 0.0781 e. The standard InChI is InChI=1S/C7H8O/c1-8-7-4-2-3(4)6(7)5(2)7/h2-6H,1H3. The molecule has 5 fully saturated rings. The lowest BCUT2D eigenvalue weighted by Crippen LogP contribution is -2.31. The lowest BCUT2D eigenvalue weighted by Gasteiger charge is -2.25. The van der Waals surface area contributed by atoms with Gasteiger partial charge in [-0.1, -0.05) is 0 Å². The largest absolute Gasteiger partial charge is 0.377 e. The molecule has 5 aliphatic carbocycles. The van der Waals surface area contributed by atoms with E-state index in [0.29, 0.717) is 5.60 Å². The fraction of sp³-hybridized carbons (Fsp3) is 1.00. The fourth-order valence-electron chi connectivity index (χ4n) is 3.88. The summed E-state index contributed by atoms with van der Waals surface area (Å²) in [4.78, 5) is 0. The summed E-state index contributed by atoms with van der Waals surface area (Å²) in [6.45, 7) is 0. The highest BCUT2D eigenvalue weighted by molar-refractivity contribution is 5.54. The zero-order chi connectivity index (χ0) is 5.09. The van der Waals surface area contributed by atoms with Crippen LogP contribution in [0.3, 0.4) is 0 Å². The average Bonchev–Trinajstić information content (AvgIpc) is 2.12. The van der Waals surface area contributed by atoms with E-state index in [9.17, 15) is 0 Å². The monoisotopic (exact) mass is 108 g/mol. The second-order valence-corrected chi connectivity index (χ2v) is 3.79. The predicted molar refractivity (Wildman–Crippen MR) is 27.2 cm³/mol. The first-order chi connectivity index (χ1) is 3.93. The molecule has 0 aromatic carbocycles. The Hall–Kier alpha value is -0.0400. The van der Waals surface area contributed by atoms with E-state index in [2.05, 4.69) is 0 Å². The van der Waals surface area contributed by atoms with Crippen molar-refractivity contribution in [2.75, 3.05) is 7.11 Å². The van der Waals surface area contributed by atoms with Crippen LogP contribution in [0.1, 0.15) is 0 Å². The third-order valence-electron chi connectivity index (χ3n) is 4.16. The van der Waals surface area contributed by atoms with Gasteiger partial charge in [0.15, 0.2) is 0 Å². The Bertz CT molecular complexity index is 169. The van der Waals surface area contributed by atoms with Gasteiger partial charge in [-0.05, 0) is 29.6 Å². The number of ether oxygens (including phenoxy) is 1. The minimum Gasteiger partial charge on any atom is -0.377 e. The molecule has 0 N–H and O–H groups in total. The van der Waals surface area contributed by atoms with E-state index in [4.69, 9.17) is 4.74 Å². The Morgan fingerprint density at radius 1 is 1.12 bits per heavy atom. The summed E-state index contributed by atoms with van der Waals surface area (Å²) in [7, 11) is 1.89. The first kappa shape index (κ1) is 3.21. The van der Waals surface area contributed by atoms with Crippen molar-refractivity contribution in [2.24, 2.45) is 29.6 Å². The molecule has 1 nitrogen and oxygen atoms in total. The first-order valence-corrected chi connectivity index (χ1v) is 3.48. The first-order valence-electron chi connectivity index (χ1n) is 3.48. The van der Waals surface area contributed by atoms with E-state index >= 15 is 0 Å². The van der Waals surface area contributed by atoms with E-state index in [1.54, 1.807) is 0 Å². The Morgan fingerprint density at radius 3 is 2.00 bits per heavy atom. The van der Waals surface area contributed by atoms with Gasteiger partial charge >= 0.3 is 0 Å². The minimum atomic E-state index is 0.523. The van der Waals surface area contributed by atoms with E-state index in [0.717, 1.165) is 17.8 Å². The van der Waals surface area contributed by atoms with E-state index < -0.39 is 0 Å². The highest BCUT2D eigenvalue weighted by Crippen LogP contribution is 3.03. The van der Waals surface area contributed by atoms with Crippen LogP contribution in [0.4, 0.5) is 0 Å². The maximum absolute atomic E-state index is 5.43. The second-order valence-electron chi connectivity index (χ2n) is 3.79. The lowest BCUT2D eigenvalue weighted by atomic mass is 9.95. The summed E-state index contributed by atoms with van der Waals surface area (Å²) < 4.78 is 5.43. The molecule has 0 amide bonds. The number of hydrogen-bond acceptors (Lipinski definition) is 1. The molecular weight excluding hydrogens is 100 g/mol. The molecule has 8 heavy (non-hydrogen) atoms. The summed E-state index contributed by atoms with van der Waals surface area (Å²) in [6, 6.07) is 0. The Kier molecular flexibility index (Phi) is 0.206. The van der Waals surface area contributed by atoms with Gasteiger partial charge in [0.25, 0.3) is 0 Å². The van der Waals surface area contributed by atoms with Gasteiger partial charge < -0.3 is 4.74 Å². The molecule has 0 spiro atoms. The molecular formula is C7H8O. The van der Waals surface area contributed by atoms with Gasteiger partial charge in [-0.15, -0.1) is 0 Å². The highest BCUT2D eigenvalue weighted by Gasteiger charge is 3.07. The minimum absolute atomic E-state index is 0.523. The molecule has 1 heteroatoms.